The number of benzene rings is 1. The van der Waals surface area contributed by atoms with Crippen molar-refractivity contribution in [3.05, 3.63) is 23.8 Å². The third-order valence-corrected chi connectivity index (χ3v) is 2.71. The Morgan fingerprint density at radius 3 is 2.79 bits per heavy atom. The van der Waals surface area contributed by atoms with E-state index in [1.807, 2.05) is 0 Å². The maximum absolute atomic E-state index is 13.3. The molecular formula is C13H14F2N2O2. The van der Waals surface area contributed by atoms with Crippen LogP contribution in [0.4, 0.5) is 20.2 Å². The van der Waals surface area contributed by atoms with Crippen molar-refractivity contribution in [1.82, 2.24) is 0 Å². The molecule has 1 heterocycles. The van der Waals surface area contributed by atoms with Crippen LogP contribution in [0.2, 0.25) is 0 Å². The second-order valence-corrected chi connectivity index (χ2v) is 4.26. The van der Waals surface area contributed by atoms with Gasteiger partial charge in [-0.1, -0.05) is 0 Å². The van der Waals surface area contributed by atoms with E-state index in [9.17, 15) is 13.6 Å². The van der Waals surface area contributed by atoms with Crippen LogP contribution in [0.25, 0.3) is 0 Å². The van der Waals surface area contributed by atoms with Crippen LogP contribution in [0.3, 0.4) is 0 Å². The van der Waals surface area contributed by atoms with Crippen LogP contribution < -0.4 is 4.90 Å². The van der Waals surface area contributed by atoms with Gasteiger partial charge in [0.05, 0.1) is 24.5 Å². The van der Waals surface area contributed by atoms with Crippen LogP contribution in [-0.4, -0.2) is 31.4 Å². The lowest BCUT2D eigenvalue weighted by Gasteiger charge is -2.28. The van der Waals surface area contributed by atoms with E-state index >= 15 is 0 Å². The fourth-order valence-corrected chi connectivity index (χ4v) is 1.97. The van der Waals surface area contributed by atoms with Crippen molar-refractivity contribution in [3.8, 4) is 0 Å². The summed E-state index contributed by atoms with van der Waals surface area (Å²) in [6.45, 7) is 4.13. The highest BCUT2D eigenvalue weighted by molar-refractivity contribution is 5.95. The third-order valence-electron chi connectivity index (χ3n) is 2.71. The van der Waals surface area contributed by atoms with E-state index in [0.29, 0.717) is 17.9 Å². The molecule has 0 fully saturated rings. The Hall–Kier alpha value is -1.98. The Kier molecular flexibility index (Phi) is 3.78. The quantitative estimate of drug-likeness (QED) is 0.791. The summed E-state index contributed by atoms with van der Waals surface area (Å²) < 4.78 is 31.3. The summed E-state index contributed by atoms with van der Waals surface area (Å²) >= 11 is 0. The first-order valence-corrected chi connectivity index (χ1v) is 5.95. The molecule has 102 valence electrons. The maximum Gasteiger partial charge on any atom is 0.325 e. The van der Waals surface area contributed by atoms with Gasteiger partial charge in [0.15, 0.2) is 11.6 Å². The lowest BCUT2D eigenvalue weighted by atomic mass is 10.1. The minimum atomic E-state index is -0.956. The number of nitrogens with zero attached hydrogens (tertiary/aromatic N) is 2. The summed E-state index contributed by atoms with van der Waals surface area (Å²) in [4.78, 5) is 17.3. The molecule has 1 aliphatic heterocycles. The molecule has 0 aromatic heterocycles. The zero-order chi connectivity index (χ0) is 14.0. The Balaban J connectivity index is 2.32. The fourth-order valence-electron chi connectivity index (χ4n) is 1.97. The molecule has 0 bridgehead atoms. The molecule has 0 amide bonds. The highest BCUT2D eigenvalue weighted by atomic mass is 19.2. The number of hydrogen-bond donors (Lipinski definition) is 0. The number of aliphatic imine (C=N–C) groups is 1. The smallest absolute Gasteiger partial charge is 0.325 e. The first kappa shape index (κ1) is 13.5. The van der Waals surface area contributed by atoms with Crippen LogP contribution in [0.15, 0.2) is 17.1 Å². The summed E-state index contributed by atoms with van der Waals surface area (Å²) in [7, 11) is 0. The van der Waals surface area contributed by atoms with E-state index in [1.54, 1.807) is 18.7 Å². The molecule has 0 aliphatic carbocycles. The van der Waals surface area contributed by atoms with Crippen LogP contribution >= 0.6 is 0 Å². The van der Waals surface area contributed by atoms with Gasteiger partial charge < -0.3 is 9.64 Å². The number of rotatable bonds is 3. The topological polar surface area (TPSA) is 41.9 Å². The molecule has 19 heavy (non-hydrogen) atoms. The standard InChI is InChI=1S/C13H14F2N2O2/c1-3-19-13(18)7-17-6-8(2)16-11-4-9(14)10(15)5-12(11)17/h4-5H,3,6-7H2,1-2H3. The Labute approximate surface area is 109 Å². The number of halogens is 2. The van der Waals surface area contributed by atoms with Gasteiger partial charge in [-0.2, -0.15) is 0 Å². The Bertz CT molecular complexity index is 544. The average molecular weight is 268 g/mol. The van der Waals surface area contributed by atoms with E-state index in [-0.39, 0.29) is 13.2 Å². The number of anilines is 1. The van der Waals surface area contributed by atoms with Crippen molar-refractivity contribution in [3.63, 3.8) is 0 Å². The first-order chi connectivity index (χ1) is 9.01. The highest BCUT2D eigenvalue weighted by Gasteiger charge is 2.22. The molecule has 0 saturated heterocycles. The average Bonchev–Trinajstić information content (AvgIpc) is 2.32. The van der Waals surface area contributed by atoms with Crippen molar-refractivity contribution in [1.29, 1.82) is 0 Å². The van der Waals surface area contributed by atoms with Gasteiger partial charge >= 0.3 is 5.97 Å². The summed E-state index contributed by atoms with van der Waals surface area (Å²) in [5.41, 5.74) is 1.45. The molecule has 0 N–H and O–H groups in total. The molecule has 1 aliphatic rings. The predicted molar refractivity (Wildman–Crippen MR) is 68.0 cm³/mol. The number of carbonyl (C=O) groups is 1. The van der Waals surface area contributed by atoms with Gasteiger partial charge in [0.1, 0.15) is 6.54 Å². The zero-order valence-corrected chi connectivity index (χ0v) is 10.7. The van der Waals surface area contributed by atoms with Gasteiger partial charge in [-0.3, -0.25) is 9.79 Å². The van der Waals surface area contributed by atoms with Gasteiger partial charge in [0, 0.05) is 17.8 Å². The lowest BCUT2D eigenvalue weighted by molar-refractivity contribution is -0.141. The minimum Gasteiger partial charge on any atom is -0.465 e. The van der Waals surface area contributed by atoms with Crippen molar-refractivity contribution in [2.24, 2.45) is 4.99 Å². The number of esters is 1. The largest absolute Gasteiger partial charge is 0.465 e. The van der Waals surface area contributed by atoms with E-state index in [4.69, 9.17) is 4.74 Å². The van der Waals surface area contributed by atoms with Crippen molar-refractivity contribution >= 4 is 23.1 Å². The molecule has 0 saturated carbocycles. The van der Waals surface area contributed by atoms with Crippen molar-refractivity contribution in [2.45, 2.75) is 13.8 Å². The van der Waals surface area contributed by atoms with Gasteiger partial charge in [0.25, 0.3) is 0 Å². The van der Waals surface area contributed by atoms with E-state index < -0.39 is 17.6 Å². The molecule has 6 heteroatoms. The molecule has 1 aromatic carbocycles. The number of fused-ring (bicyclic) bond motifs is 1. The van der Waals surface area contributed by atoms with E-state index in [0.717, 1.165) is 17.8 Å². The molecule has 2 rings (SSSR count). The number of carbonyl (C=O) groups excluding carboxylic acids is 1. The monoisotopic (exact) mass is 268 g/mol. The zero-order valence-electron chi connectivity index (χ0n) is 10.7. The van der Waals surface area contributed by atoms with Crippen LogP contribution in [-0.2, 0) is 9.53 Å². The van der Waals surface area contributed by atoms with Crippen LogP contribution in [0, 0.1) is 11.6 Å². The summed E-state index contributed by atoms with van der Waals surface area (Å²) in [5.74, 6) is -2.32. The van der Waals surface area contributed by atoms with E-state index in [2.05, 4.69) is 4.99 Å². The Morgan fingerprint density at radius 1 is 1.42 bits per heavy atom. The fraction of sp³-hybridized carbons (Fsp3) is 0.385. The molecule has 0 unspecified atom stereocenters. The first-order valence-electron chi connectivity index (χ1n) is 5.95. The number of ether oxygens (including phenoxy) is 1. The molecule has 1 aromatic rings. The minimum absolute atomic E-state index is 0.0151. The summed E-state index contributed by atoms with van der Waals surface area (Å²) in [5, 5.41) is 0. The van der Waals surface area contributed by atoms with Crippen LogP contribution in [0.5, 0.6) is 0 Å². The van der Waals surface area contributed by atoms with Crippen molar-refractivity contribution < 1.29 is 18.3 Å². The second-order valence-electron chi connectivity index (χ2n) is 4.26. The van der Waals surface area contributed by atoms with Gasteiger partial charge in [-0.05, 0) is 13.8 Å². The van der Waals surface area contributed by atoms with Crippen molar-refractivity contribution in [2.75, 3.05) is 24.6 Å². The van der Waals surface area contributed by atoms with E-state index in [1.165, 1.54) is 0 Å². The summed E-state index contributed by atoms with van der Waals surface area (Å²) in [6, 6.07) is 2.09. The normalized spacial score (nSPS) is 13.9. The molecule has 0 atom stereocenters. The third kappa shape index (κ3) is 2.89. The summed E-state index contributed by atoms with van der Waals surface area (Å²) in [6.07, 6.45) is 0. The molecule has 4 nitrogen and oxygen atoms in total. The highest BCUT2D eigenvalue weighted by Crippen LogP contribution is 2.34. The van der Waals surface area contributed by atoms with Crippen LogP contribution in [0.1, 0.15) is 13.8 Å². The second kappa shape index (κ2) is 5.34. The van der Waals surface area contributed by atoms with Gasteiger partial charge in [-0.15, -0.1) is 0 Å². The van der Waals surface area contributed by atoms with Gasteiger partial charge in [0.2, 0.25) is 0 Å². The Morgan fingerprint density at radius 2 is 2.11 bits per heavy atom. The maximum atomic E-state index is 13.3. The lowest BCUT2D eigenvalue weighted by Crippen LogP contribution is -2.36. The SMILES string of the molecule is CCOC(=O)CN1CC(C)=Nc2cc(F)c(F)cc21. The molecule has 0 spiro atoms. The van der Waals surface area contributed by atoms with Gasteiger partial charge in [-0.25, -0.2) is 8.78 Å². The molecule has 0 radical (unpaired) electrons. The predicted octanol–water partition coefficient (Wildman–Crippen LogP) is 2.44. The number of hydrogen-bond acceptors (Lipinski definition) is 4. The molecular weight excluding hydrogens is 254 g/mol.